The lowest BCUT2D eigenvalue weighted by atomic mass is 10.2. The summed E-state index contributed by atoms with van der Waals surface area (Å²) in [6.07, 6.45) is 1.77. The minimum absolute atomic E-state index is 0.0936. The third-order valence-corrected chi connectivity index (χ3v) is 2.85. The fourth-order valence-electron chi connectivity index (χ4n) is 1.50. The molecule has 0 unspecified atom stereocenters. The Bertz CT molecular complexity index is 535. The molecule has 1 aromatic heterocycles. The zero-order valence-corrected chi connectivity index (χ0v) is 10.9. The first-order valence-electron chi connectivity index (χ1n) is 5.64. The third-order valence-electron chi connectivity index (χ3n) is 2.56. The van der Waals surface area contributed by atoms with Crippen molar-refractivity contribution in [2.45, 2.75) is 18.4 Å². The van der Waals surface area contributed by atoms with Gasteiger partial charge < -0.3 is 5.32 Å². The summed E-state index contributed by atoms with van der Waals surface area (Å²) in [5.41, 5.74) is 2.59. The second-order valence-electron chi connectivity index (χ2n) is 4.04. The number of thiol groups is 1. The molecule has 0 aliphatic rings. The van der Waals surface area contributed by atoms with Crippen LogP contribution in [0.15, 0.2) is 47.5 Å². The van der Waals surface area contributed by atoms with Crippen molar-refractivity contribution in [1.82, 2.24) is 10.3 Å². The highest BCUT2D eigenvalue weighted by Crippen LogP contribution is 2.08. The Balaban J connectivity index is 1.96. The summed E-state index contributed by atoms with van der Waals surface area (Å²) >= 11 is 4.18. The van der Waals surface area contributed by atoms with E-state index in [-0.39, 0.29) is 5.91 Å². The molecular weight excluding hydrogens is 244 g/mol. The average Bonchev–Trinajstić information content (AvgIpc) is 2.38. The molecule has 0 saturated carbocycles. The molecule has 1 N–H and O–H groups in total. The quantitative estimate of drug-likeness (QED) is 0.831. The summed E-state index contributed by atoms with van der Waals surface area (Å²) in [7, 11) is 0. The van der Waals surface area contributed by atoms with Crippen molar-refractivity contribution in [3.05, 3.63) is 59.4 Å². The monoisotopic (exact) mass is 258 g/mol. The minimum Gasteiger partial charge on any atom is -0.348 e. The maximum Gasteiger partial charge on any atom is 0.251 e. The number of aromatic nitrogens is 1. The fourth-order valence-corrected chi connectivity index (χ4v) is 1.65. The molecule has 3 nitrogen and oxygen atoms in total. The van der Waals surface area contributed by atoms with Crippen molar-refractivity contribution in [2.75, 3.05) is 0 Å². The first-order chi connectivity index (χ1) is 8.65. The Morgan fingerprint density at radius 1 is 1.22 bits per heavy atom. The molecule has 0 radical (unpaired) electrons. The maximum absolute atomic E-state index is 11.8. The van der Waals surface area contributed by atoms with Crippen molar-refractivity contribution in [3.63, 3.8) is 0 Å². The summed E-state index contributed by atoms with van der Waals surface area (Å²) in [5.74, 6) is -0.0936. The number of hydrogen-bond acceptors (Lipinski definition) is 3. The van der Waals surface area contributed by atoms with E-state index in [1.54, 1.807) is 30.5 Å². The summed E-state index contributed by atoms with van der Waals surface area (Å²) < 4.78 is 0. The molecule has 0 aliphatic carbocycles. The zero-order chi connectivity index (χ0) is 13.0. The average molecular weight is 258 g/mol. The van der Waals surface area contributed by atoms with E-state index in [0.29, 0.717) is 12.1 Å². The van der Waals surface area contributed by atoms with Gasteiger partial charge in [0.1, 0.15) is 0 Å². The number of nitrogens with zero attached hydrogens (tertiary/aromatic N) is 1. The van der Waals surface area contributed by atoms with E-state index in [9.17, 15) is 4.79 Å². The number of aryl methyl sites for hydroxylation is 1. The van der Waals surface area contributed by atoms with E-state index < -0.39 is 0 Å². The molecule has 0 fully saturated rings. The molecule has 2 aromatic rings. The number of benzene rings is 1. The topological polar surface area (TPSA) is 42.0 Å². The predicted molar refractivity (Wildman–Crippen MR) is 73.8 cm³/mol. The molecule has 92 valence electrons. The summed E-state index contributed by atoms with van der Waals surface area (Å²) in [4.78, 5) is 16.9. The molecule has 18 heavy (non-hydrogen) atoms. The molecule has 2 rings (SSSR count). The lowest BCUT2D eigenvalue weighted by molar-refractivity contribution is 0.0951. The van der Waals surface area contributed by atoms with Gasteiger partial charge in [-0.1, -0.05) is 6.07 Å². The van der Waals surface area contributed by atoms with E-state index in [0.717, 1.165) is 16.2 Å². The summed E-state index contributed by atoms with van der Waals surface area (Å²) in [5, 5.41) is 2.85. The number of rotatable bonds is 3. The fraction of sp³-hybridized carbons (Fsp3) is 0.143. The summed E-state index contributed by atoms with van der Waals surface area (Å²) in [6, 6.07) is 11.0. The Morgan fingerprint density at radius 3 is 2.56 bits per heavy atom. The first kappa shape index (κ1) is 12.6. The van der Waals surface area contributed by atoms with Crippen LogP contribution in [0.4, 0.5) is 0 Å². The molecule has 1 aromatic carbocycles. The molecule has 1 heterocycles. The Morgan fingerprint density at radius 2 is 1.94 bits per heavy atom. The largest absolute Gasteiger partial charge is 0.348 e. The number of nitrogens with one attached hydrogen (secondary N) is 1. The van der Waals surface area contributed by atoms with Gasteiger partial charge in [-0.3, -0.25) is 9.78 Å². The van der Waals surface area contributed by atoms with Crippen molar-refractivity contribution in [1.29, 1.82) is 0 Å². The van der Waals surface area contributed by atoms with Crippen LogP contribution in [-0.2, 0) is 6.54 Å². The van der Waals surface area contributed by atoms with Crippen LogP contribution in [0.3, 0.4) is 0 Å². The number of hydrogen-bond donors (Lipinski definition) is 2. The van der Waals surface area contributed by atoms with Crippen molar-refractivity contribution < 1.29 is 4.79 Å². The van der Waals surface area contributed by atoms with Gasteiger partial charge in [-0.05, 0) is 42.8 Å². The van der Waals surface area contributed by atoms with Crippen molar-refractivity contribution in [2.24, 2.45) is 0 Å². The van der Waals surface area contributed by atoms with Gasteiger partial charge in [-0.25, -0.2) is 0 Å². The van der Waals surface area contributed by atoms with Gasteiger partial charge in [-0.2, -0.15) is 0 Å². The molecule has 0 aliphatic heterocycles. The standard InChI is InChI=1S/C14H14N2OS/c1-10-2-3-11(8-15-10)9-16-14(17)12-4-6-13(18)7-5-12/h2-8,18H,9H2,1H3,(H,16,17). The molecule has 0 spiro atoms. The second kappa shape index (κ2) is 5.69. The van der Waals surface area contributed by atoms with Crippen LogP contribution in [0.2, 0.25) is 0 Å². The highest BCUT2D eigenvalue weighted by Gasteiger charge is 2.04. The highest BCUT2D eigenvalue weighted by atomic mass is 32.1. The third kappa shape index (κ3) is 3.34. The molecule has 0 saturated heterocycles. The van der Waals surface area contributed by atoms with Gasteiger partial charge in [0.05, 0.1) is 0 Å². The van der Waals surface area contributed by atoms with Crippen LogP contribution in [0.1, 0.15) is 21.6 Å². The molecule has 1 amide bonds. The van der Waals surface area contributed by atoms with E-state index >= 15 is 0 Å². The van der Waals surface area contributed by atoms with Crippen LogP contribution in [-0.4, -0.2) is 10.9 Å². The van der Waals surface area contributed by atoms with Gasteiger partial charge in [0.2, 0.25) is 0 Å². The molecule has 0 atom stereocenters. The highest BCUT2D eigenvalue weighted by molar-refractivity contribution is 7.80. The normalized spacial score (nSPS) is 10.1. The van der Waals surface area contributed by atoms with Gasteiger partial charge in [0, 0.05) is 28.9 Å². The first-order valence-corrected chi connectivity index (χ1v) is 6.08. The smallest absolute Gasteiger partial charge is 0.251 e. The Hall–Kier alpha value is -1.81. The number of amides is 1. The Kier molecular flexibility index (Phi) is 3.99. The van der Waals surface area contributed by atoms with E-state index in [4.69, 9.17) is 0 Å². The van der Waals surface area contributed by atoms with Crippen molar-refractivity contribution >= 4 is 18.5 Å². The second-order valence-corrected chi connectivity index (χ2v) is 4.55. The van der Waals surface area contributed by atoms with E-state index in [1.165, 1.54) is 0 Å². The minimum atomic E-state index is -0.0936. The SMILES string of the molecule is Cc1ccc(CNC(=O)c2ccc(S)cc2)cn1. The van der Waals surface area contributed by atoms with E-state index in [1.807, 2.05) is 19.1 Å². The molecule has 0 bridgehead atoms. The maximum atomic E-state index is 11.8. The lowest BCUT2D eigenvalue weighted by Crippen LogP contribution is -2.22. The van der Waals surface area contributed by atoms with Crippen LogP contribution in [0.5, 0.6) is 0 Å². The van der Waals surface area contributed by atoms with Crippen LogP contribution in [0.25, 0.3) is 0 Å². The number of carbonyl (C=O) groups excluding carboxylic acids is 1. The zero-order valence-electron chi connectivity index (χ0n) is 10.1. The van der Waals surface area contributed by atoms with Crippen LogP contribution in [0, 0.1) is 6.92 Å². The Labute approximate surface area is 112 Å². The van der Waals surface area contributed by atoms with Gasteiger partial charge in [-0.15, -0.1) is 12.6 Å². The number of pyridine rings is 1. The van der Waals surface area contributed by atoms with Crippen LogP contribution >= 0.6 is 12.6 Å². The van der Waals surface area contributed by atoms with Gasteiger partial charge in [0.15, 0.2) is 0 Å². The van der Waals surface area contributed by atoms with E-state index in [2.05, 4.69) is 22.9 Å². The van der Waals surface area contributed by atoms with Gasteiger partial charge in [0.25, 0.3) is 5.91 Å². The summed E-state index contributed by atoms with van der Waals surface area (Å²) in [6.45, 7) is 2.41. The molecule has 4 heteroatoms. The number of carbonyl (C=O) groups is 1. The lowest BCUT2D eigenvalue weighted by Gasteiger charge is -2.05. The predicted octanol–water partition coefficient (Wildman–Crippen LogP) is 2.61. The van der Waals surface area contributed by atoms with Crippen molar-refractivity contribution in [3.8, 4) is 0 Å². The van der Waals surface area contributed by atoms with Gasteiger partial charge >= 0.3 is 0 Å². The molecular formula is C14H14N2OS. The van der Waals surface area contributed by atoms with Crippen LogP contribution < -0.4 is 5.32 Å².